The fourth-order valence-electron chi connectivity index (χ4n) is 3.69. The number of benzene rings is 1. The Morgan fingerprint density at radius 2 is 1.06 bits per heavy atom. The van der Waals surface area contributed by atoms with Crippen LogP contribution in [0.4, 0.5) is 0 Å². The molecule has 34 heavy (non-hydrogen) atoms. The zero-order chi connectivity index (χ0) is 22.5. The molecule has 0 unspecified atom stereocenters. The maximum atomic E-state index is 5.05. The van der Waals surface area contributed by atoms with Crippen molar-refractivity contribution in [2.75, 3.05) is 11.5 Å². The lowest BCUT2D eigenvalue weighted by Gasteiger charge is -2.10. The van der Waals surface area contributed by atoms with Crippen LogP contribution in [-0.2, 0) is 0 Å². The number of rotatable bonds is 2. The first-order chi connectivity index (χ1) is 16.8. The Balaban J connectivity index is 1.32. The fraction of sp³-hybridized carbons (Fsp3) is 0.0833. The SMILES string of the molecule is c1ccc(-c2nc3cc4c(cc3nc2-c2ccccn2)SC(=C2SC3=C(SCCS3)S2)S4)nc1. The van der Waals surface area contributed by atoms with Crippen molar-refractivity contribution in [3.8, 4) is 22.8 Å². The van der Waals surface area contributed by atoms with Gasteiger partial charge in [0.1, 0.15) is 11.4 Å². The molecule has 3 aromatic heterocycles. The van der Waals surface area contributed by atoms with Crippen molar-refractivity contribution in [2.24, 2.45) is 0 Å². The zero-order valence-electron chi connectivity index (χ0n) is 17.4. The van der Waals surface area contributed by atoms with Crippen molar-refractivity contribution in [3.63, 3.8) is 0 Å². The lowest BCUT2D eigenvalue weighted by Crippen LogP contribution is -1.98. The van der Waals surface area contributed by atoms with Gasteiger partial charge in [-0.2, -0.15) is 0 Å². The molecule has 4 aromatic rings. The van der Waals surface area contributed by atoms with Gasteiger partial charge in [0.15, 0.2) is 0 Å². The zero-order valence-corrected chi connectivity index (χ0v) is 22.3. The number of hydrogen-bond acceptors (Lipinski definition) is 10. The van der Waals surface area contributed by atoms with Crippen LogP contribution in [0.3, 0.4) is 0 Å². The van der Waals surface area contributed by atoms with Gasteiger partial charge in [0.25, 0.3) is 0 Å². The second kappa shape index (κ2) is 9.15. The van der Waals surface area contributed by atoms with E-state index in [2.05, 4.69) is 22.1 Å². The third-order valence-corrected chi connectivity index (χ3v) is 14.0. The van der Waals surface area contributed by atoms with Crippen LogP contribution in [0.15, 0.2) is 87.7 Å². The lowest BCUT2D eigenvalue weighted by atomic mass is 10.1. The number of fused-ring (bicyclic) bond motifs is 2. The molecule has 3 aliphatic heterocycles. The summed E-state index contributed by atoms with van der Waals surface area (Å²) in [6.45, 7) is 0. The minimum atomic E-state index is 0.758. The third-order valence-electron chi connectivity index (χ3n) is 5.20. The Hall–Kier alpha value is -1.56. The number of pyridine rings is 2. The van der Waals surface area contributed by atoms with E-state index < -0.39 is 0 Å². The molecular formula is C24H14N4S6. The van der Waals surface area contributed by atoms with Gasteiger partial charge < -0.3 is 0 Å². The molecule has 166 valence electrons. The molecular weight excluding hydrogens is 537 g/mol. The van der Waals surface area contributed by atoms with Crippen LogP contribution in [-0.4, -0.2) is 31.4 Å². The van der Waals surface area contributed by atoms with Crippen LogP contribution in [0, 0.1) is 0 Å². The molecule has 0 spiro atoms. The van der Waals surface area contributed by atoms with Gasteiger partial charge in [-0.25, -0.2) is 9.97 Å². The van der Waals surface area contributed by atoms with Crippen LogP contribution in [0.1, 0.15) is 0 Å². The third kappa shape index (κ3) is 3.98. The van der Waals surface area contributed by atoms with E-state index in [0.29, 0.717) is 0 Å². The van der Waals surface area contributed by atoms with Gasteiger partial charge in [-0.15, -0.1) is 23.5 Å². The summed E-state index contributed by atoms with van der Waals surface area (Å²) in [6, 6.07) is 16.1. The topological polar surface area (TPSA) is 51.6 Å². The molecule has 0 amide bonds. The van der Waals surface area contributed by atoms with E-state index in [9.17, 15) is 0 Å². The first-order valence-electron chi connectivity index (χ1n) is 10.5. The molecule has 0 bridgehead atoms. The monoisotopic (exact) mass is 550 g/mol. The minimum absolute atomic E-state index is 0.758. The van der Waals surface area contributed by atoms with E-state index in [1.54, 1.807) is 12.4 Å². The molecule has 10 heteroatoms. The summed E-state index contributed by atoms with van der Waals surface area (Å²) < 4.78 is 5.74. The summed E-state index contributed by atoms with van der Waals surface area (Å²) in [5, 5.41) is 0. The van der Waals surface area contributed by atoms with Gasteiger partial charge in [0.05, 0.1) is 39.4 Å². The summed E-state index contributed by atoms with van der Waals surface area (Å²) in [6.07, 6.45) is 3.58. The predicted molar refractivity (Wildman–Crippen MR) is 152 cm³/mol. The van der Waals surface area contributed by atoms with Crippen LogP contribution < -0.4 is 0 Å². The first kappa shape index (κ1) is 21.7. The normalized spacial score (nSPS) is 17.4. The van der Waals surface area contributed by atoms with Gasteiger partial charge in [0, 0.05) is 33.7 Å². The Morgan fingerprint density at radius 1 is 0.559 bits per heavy atom. The van der Waals surface area contributed by atoms with Crippen molar-refractivity contribution in [3.05, 3.63) is 77.9 Å². The predicted octanol–water partition coefficient (Wildman–Crippen LogP) is 8.16. The fourth-order valence-corrected chi connectivity index (χ4v) is 12.5. The van der Waals surface area contributed by atoms with Crippen LogP contribution in [0.5, 0.6) is 0 Å². The van der Waals surface area contributed by atoms with Crippen molar-refractivity contribution in [1.29, 1.82) is 0 Å². The van der Waals surface area contributed by atoms with E-state index in [0.717, 1.165) is 33.8 Å². The molecule has 0 saturated carbocycles. The largest absolute Gasteiger partial charge is 0.255 e. The van der Waals surface area contributed by atoms with Crippen LogP contribution in [0.25, 0.3) is 33.8 Å². The van der Waals surface area contributed by atoms with Crippen molar-refractivity contribution >= 4 is 81.6 Å². The Bertz CT molecular complexity index is 1390. The molecule has 0 fully saturated rings. The molecule has 0 saturated heterocycles. The molecule has 4 nitrogen and oxygen atoms in total. The highest BCUT2D eigenvalue weighted by Crippen LogP contribution is 2.65. The molecule has 6 heterocycles. The van der Waals surface area contributed by atoms with Crippen molar-refractivity contribution < 1.29 is 0 Å². The molecule has 0 atom stereocenters. The average Bonchev–Trinajstić information content (AvgIpc) is 3.51. The smallest absolute Gasteiger partial charge is 0.117 e. The molecule has 0 aliphatic carbocycles. The van der Waals surface area contributed by atoms with Gasteiger partial charge >= 0.3 is 0 Å². The molecule has 0 radical (unpaired) electrons. The average molecular weight is 551 g/mol. The summed E-state index contributed by atoms with van der Waals surface area (Å²) in [5.74, 6) is 2.42. The first-order valence-corrected chi connectivity index (χ1v) is 15.7. The van der Waals surface area contributed by atoms with Gasteiger partial charge in [-0.1, -0.05) is 59.2 Å². The highest BCUT2D eigenvalue weighted by Gasteiger charge is 2.31. The molecule has 7 rings (SSSR count). The highest BCUT2D eigenvalue weighted by molar-refractivity contribution is 8.42. The highest BCUT2D eigenvalue weighted by atomic mass is 32.3. The summed E-state index contributed by atoms with van der Waals surface area (Å²) >= 11 is 11.6. The number of nitrogens with zero attached hydrogens (tertiary/aromatic N) is 4. The Kier molecular flexibility index (Phi) is 5.84. The number of hydrogen-bond donors (Lipinski definition) is 0. The Labute approximate surface area is 222 Å². The lowest BCUT2D eigenvalue weighted by molar-refractivity contribution is 1.18. The second-order valence-electron chi connectivity index (χ2n) is 7.39. The van der Waals surface area contributed by atoms with Crippen LogP contribution in [0.2, 0.25) is 0 Å². The quantitative estimate of drug-likeness (QED) is 0.244. The van der Waals surface area contributed by atoms with E-state index in [-0.39, 0.29) is 0 Å². The van der Waals surface area contributed by atoms with E-state index >= 15 is 0 Å². The van der Waals surface area contributed by atoms with Crippen LogP contribution >= 0.6 is 70.6 Å². The number of thioether (sulfide) groups is 6. The molecule has 1 aromatic carbocycles. The second-order valence-corrected chi connectivity index (χ2v) is 14.8. The van der Waals surface area contributed by atoms with E-state index in [1.807, 2.05) is 107 Å². The summed E-state index contributed by atoms with van der Waals surface area (Å²) in [7, 11) is 0. The minimum Gasteiger partial charge on any atom is -0.255 e. The summed E-state index contributed by atoms with van der Waals surface area (Å²) in [4.78, 5) is 21.7. The summed E-state index contributed by atoms with van der Waals surface area (Å²) in [5.41, 5.74) is 4.88. The van der Waals surface area contributed by atoms with Crippen molar-refractivity contribution in [2.45, 2.75) is 9.79 Å². The van der Waals surface area contributed by atoms with Gasteiger partial charge in [0.2, 0.25) is 0 Å². The maximum Gasteiger partial charge on any atom is 0.117 e. The molecule has 3 aliphatic rings. The Morgan fingerprint density at radius 3 is 1.53 bits per heavy atom. The maximum absolute atomic E-state index is 5.05. The van der Waals surface area contributed by atoms with Gasteiger partial charge in [-0.05, 0) is 36.4 Å². The van der Waals surface area contributed by atoms with Gasteiger partial charge in [-0.3, -0.25) is 9.97 Å². The standard InChI is InChI=1S/C24H14N4S6/c1-3-7-25-13(5-1)19-20(14-6-2-4-8-26-14)28-16-12-18-17(11-15(16)27-19)31-23(32-18)24-33-21-22(34-24)30-10-9-29-21/h1-8,11-12H,9-10H2. The molecule has 0 N–H and O–H groups in total. The number of aromatic nitrogens is 4. The van der Waals surface area contributed by atoms with E-state index in [4.69, 9.17) is 9.97 Å². The van der Waals surface area contributed by atoms with Crippen molar-refractivity contribution in [1.82, 2.24) is 19.9 Å². The van der Waals surface area contributed by atoms with E-state index in [1.165, 1.54) is 38.2 Å².